The van der Waals surface area contributed by atoms with Crippen molar-refractivity contribution >= 4 is 28.1 Å². The quantitative estimate of drug-likeness (QED) is 0.0455. The minimum absolute atomic E-state index is 0.000971. The van der Waals surface area contributed by atoms with Crippen LogP contribution in [-0.4, -0.2) is 72.3 Å². The molecule has 4 aromatic carbocycles. The predicted molar refractivity (Wildman–Crippen MR) is 257 cm³/mol. The first kappa shape index (κ1) is 45.6. The van der Waals surface area contributed by atoms with E-state index in [0.717, 1.165) is 51.7 Å². The van der Waals surface area contributed by atoms with Crippen LogP contribution in [0.3, 0.4) is 0 Å². The van der Waals surface area contributed by atoms with Crippen LogP contribution in [0.15, 0.2) is 109 Å². The molecule has 12 heteroatoms. The van der Waals surface area contributed by atoms with E-state index in [1.54, 1.807) is 42.6 Å². The number of methoxy groups -OCH3 is 1. The summed E-state index contributed by atoms with van der Waals surface area (Å²) >= 11 is 0. The van der Waals surface area contributed by atoms with Crippen LogP contribution in [0.2, 0.25) is 0 Å². The molecule has 2 bridgehead atoms. The number of Topliss-reactive ketones (excluding diaryl/α,β-unsaturated/α-hetero) is 1. The first-order chi connectivity index (χ1) is 32.4. The number of aliphatic hydroxyl groups is 2. The summed E-state index contributed by atoms with van der Waals surface area (Å²) in [7, 11) is 1.48. The molecule has 1 aliphatic heterocycles. The van der Waals surface area contributed by atoms with Gasteiger partial charge in [-0.3, -0.25) is 4.79 Å². The summed E-state index contributed by atoms with van der Waals surface area (Å²) < 4.78 is 11.7. The molecule has 67 heavy (non-hydrogen) atoms. The normalized spacial score (nSPS) is 24.6. The number of fused-ring (bicyclic) bond motifs is 6. The van der Waals surface area contributed by atoms with E-state index in [1.165, 1.54) is 13.2 Å². The maximum absolute atomic E-state index is 16.0. The second-order valence-electron chi connectivity index (χ2n) is 19.2. The van der Waals surface area contributed by atoms with Crippen LogP contribution < -0.4 is 14.8 Å². The van der Waals surface area contributed by atoms with Gasteiger partial charge >= 0.3 is 0 Å². The maximum atomic E-state index is 16.0. The third-order valence-electron chi connectivity index (χ3n) is 14.9. The van der Waals surface area contributed by atoms with E-state index >= 15 is 4.79 Å². The van der Waals surface area contributed by atoms with Gasteiger partial charge in [-0.2, -0.15) is 0 Å². The zero-order valence-electron chi connectivity index (χ0n) is 38.1. The van der Waals surface area contributed by atoms with Gasteiger partial charge in [-0.1, -0.05) is 37.3 Å². The Hall–Kier alpha value is -6.50. The summed E-state index contributed by atoms with van der Waals surface area (Å²) in [5, 5.41) is 73.8. The number of H-pyrrole nitrogens is 1. The third-order valence-corrected chi connectivity index (χ3v) is 14.9. The Morgan fingerprint density at radius 2 is 1.81 bits per heavy atom. The number of carbonyl (C=O) groups is 1. The second-order valence-corrected chi connectivity index (χ2v) is 19.2. The molecule has 12 nitrogen and oxygen atoms in total. The summed E-state index contributed by atoms with van der Waals surface area (Å²) in [4.78, 5) is 24.1. The number of phenols is 4. The number of aromatic nitrogens is 2. The molecular formula is C55H61N3O9. The number of aromatic amines is 1. The summed E-state index contributed by atoms with van der Waals surface area (Å²) in [6, 6.07) is 25.3. The molecule has 350 valence electrons. The molecule has 2 aliphatic carbocycles. The van der Waals surface area contributed by atoms with Gasteiger partial charge in [0.2, 0.25) is 5.75 Å². The minimum Gasteiger partial charge on any atom is -0.508 e. The number of aryl methyl sites for hydroxylation is 2. The smallest absolute Gasteiger partial charge is 0.200 e. The van der Waals surface area contributed by atoms with Crippen molar-refractivity contribution in [2.75, 3.05) is 19.0 Å². The van der Waals surface area contributed by atoms with E-state index in [4.69, 9.17) is 14.5 Å². The highest BCUT2D eigenvalue weighted by molar-refractivity contribution is 5.92. The molecule has 1 fully saturated rings. The van der Waals surface area contributed by atoms with E-state index in [1.807, 2.05) is 48.7 Å². The number of nitrogens with zero attached hydrogens (tertiary/aromatic N) is 1. The fourth-order valence-electron chi connectivity index (χ4n) is 11.5. The van der Waals surface area contributed by atoms with Crippen molar-refractivity contribution < 1.29 is 44.9 Å². The first-order valence-electron chi connectivity index (χ1n) is 23.6. The number of benzene rings is 4. The van der Waals surface area contributed by atoms with Gasteiger partial charge in [0.15, 0.2) is 23.0 Å². The number of allylic oxidation sites excluding steroid dienone is 1. The number of phenolic OH excluding ortho intramolecular Hbond substituents is 4. The second kappa shape index (κ2) is 19.4. The number of nitrogens with one attached hydrogen (secondary N) is 2. The van der Waals surface area contributed by atoms with E-state index in [-0.39, 0.29) is 53.3 Å². The zero-order chi connectivity index (χ0) is 46.8. The molecule has 3 heterocycles. The Bertz CT molecular complexity index is 2750. The number of carbonyl (C=O) groups excluding carboxylic acids is 1. The van der Waals surface area contributed by atoms with Gasteiger partial charge in [-0.25, -0.2) is 4.98 Å². The standard InChI is InChI=1S/C55H61N3O9/c1-32-5-3-6-34(23-32)31-67-51-28-37(27-49(64)54(51)65)35-10-13-42-41-14-12-40(59)25-36(41)11-15-44(42)58-52-29-38(19-22-57-52)55(20-18-45(60)43(55)30-39-7-4-21-56-39)53(48(63)26-35)47(62)17-9-33-8-16-46(61)50(24-33)66-2/h3-4,6-8,11-12,14-16,19,21-22,24-25,27-29,32,34-35,43,45,47,53,56,59-62,64-65H,5,9-10,13,17-18,20,23,26,30-31H2,1-2H3,(H,57,58)/t32-,34-,35-,43-,45+,47-,53+,55-/m1/s1. The van der Waals surface area contributed by atoms with Crippen molar-refractivity contribution in [3.05, 3.63) is 137 Å². The molecule has 2 aromatic heterocycles. The van der Waals surface area contributed by atoms with E-state index in [9.17, 15) is 30.6 Å². The van der Waals surface area contributed by atoms with Gasteiger partial charge in [-0.15, -0.1) is 0 Å². The maximum Gasteiger partial charge on any atom is 0.200 e. The van der Waals surface area contributed by atoms with Gasteiger partial charge in [0, 0.05) is 47.4 Å². The van der Waals surface area contributed by atoms with Crippen LogP contribution in [-0.2, 0) is 29.5 Å². The van der Waals surface area contributed by atoms with Crippen molar-refractivity contribution in [2.24, 2.45) is 23.7 Å². The average Bonchev–Trinajstić information content (AvgIpc) is 3.96. The van der Waals surface area contributed by atoms with E-state index in [0.29, 0.717) is 68.2 Å². The zero-order valence-corrected chi connectivity index (χ0v) is 38.1. The number of hydrogen-bond donors (Lipinski definition) is 8. The van der Waals surface area contributed by atoms with E-state index in [2.05, 4.69) is 29.4 Å². The van der Waals surface area contributed by atoms with Gasteiger partial charge in [0.25, 0.3) is 0 Å². The number of rotatable bonds is 11. The number of aliphatic hydroxyl groups excluding tert-OH is 2. The number of ether oxygens (including phenoxy) is 2. The van der Waals surface area contributed by atoms with Crippen molar-refractivity contribution in [2.45, 2.75) is 94.7 Å². The average molecular weight is 908 g/mol. The first-order valence-corrected chi connectivity index (χ1v) is 23.6. The van der Waals surface area contributed by atoms with Crippen LogP contribution >= 0.6 is 0 Å². The molecule has 1 saturated carbocycles. The molecule has 8 atom stereocenters. The molecule has 6 aromatic rings. The van der Waals surface area contributed by atoms with Crippen molar-refractivity contribution in [1.29, 1.82) is 0 Å². The van der Waals surface area contributed by atoms with Gasteiger partial charge in [0.05, 0.1) is 31.8 Å². The molecule has 0 amide bonds. The Labute approximate surface area is 391 Å². The number of anilines is 2. The van der Waals surface area contributed by atoms with Crippen LogP contribution in [0.1, 0.15) is 85.7 Å². The minimum atomic E-state index is -1.19. The highest BCUT2D eigenvalue weighted by Gasteiger charge is 2.57. The number of hydrogen-bond acceptors (Lipinski definition) is 11. The lowest BCUT2D eigenvalue weighted by atomic mass is 9.58. The highest BCUT2D eigenvalue weighted by Crippen LogP contribution is 2.55. The van der Waals surface area contributed by atoms with Gasteiger partial charge in [-0.05, 0) is 169 Å². The van der Waals surface area contributed by atoms with Crippen molar-refractivity contribution in [3.63, 3.8) is 0 Å². The molecule has 3 aliphatic rings. The highest BCUT2D eigenvalue weighted by atomic mass is 16.5. The molecular weight excluding hydrogens is 847 g/mol. The lowest BCUT2D eigenvalue weighted by molar-refractivity contribution is -0.132. The molecule has 9 rings (SSSR count). The monoisotopic (exact) mass is 907 g/mol. The molecule has 0 saturated heterocycles. The van der Waals surface area contributed by atoms with Crippen molar-refractivity contribution in [1.82, 2.24) is 9.97 Å². The van der Waals surface area contributed by atoms with Crippen LogP contribution in [0.25, 0.3) is 10.8 Å². The van der Waals surface area contributed by atoms with Crippen LogP contribution in [0.4, 0.5) is 11.5 Å². The molecule has 1 spiro atoms. The largest absolute Gasteiger partial charge is 0.508 e. The predicted octanol–water partition coefficient (Wildman–Crippen LogP) is 9.67. The Balaban J connectivity index is 1.19. The molecule has 8 N–H and O–H groups in total. The van der Waals surface area contributed by atoms with Gasteiger partial charge in [0.1, 0.15) is 17.4 Å². The lowest BCUT2D eigenvalue weighted by Gasteiger charge is -2.45. The van der Waals surface area contributed by atoms with Gasteiger partial charge < -0.3 is 50.4 Å². The summed E-state index contributed by atoms with van der Waals surface area (Å²) in [5.41, 5.74) is 3.74. The topological polar surface area (TPSA) is 198 Å². The summed E-state index contributed by atoms with van der Waals surface area (Å²) in [5.74, 6) is -1.25. The van der Waals surface area contributed by atoms with E-state index < -0.39 is 35.4 Å². The van der Waals surface area contributed by atoms with Crippen LogP contribution in [0.5, 0.6) is 34.5 Å². The third kappa shape index (κ3) is 9.42. The number of pyridine rings is 1. The molecule has 0 radical (unpaired) electrons. The Morgan fingerprint density at radius 1 is 0.940 bits per heavy atom. The molecule has 0 unspecified atom stereocenters. The number of ketones is 1. The van der Waals surface area contributed by atoms with Crippen molar-refractivity contribution in [3.8, 4) is 34.5 Å². The lowest BCUT2D eigenvalue weighted by Crippen LogP contribution is -2.51. The summed E-state index contributed by atoms with van der Waals surface area (Å²) in [6.07, 6.45) is 10.4. The fourth-order valence-corrected chi connectivity index (χ4v) is 11.5. The SMILES string of the molecule is COc1cc(CC[C@@H](O)[C@H]2C(=O)C[C@H](c3cc(O)c(O)c(OC[C@@H]4C=CC[C@@H](C)C4)c3)CCc3c(ccc4cc(O)ccc34)Nc3cc(ccn3)[C@@]23CC[C@H](O)[C@H]3Cc2ccc[nH]2)ccc1O. The number of aromatic hydroxyl groups is 4. The Kier molecular flexibility index (Phi) is 13.2. The Morgan fingerprint density at radius 3 is 2.61 bits per heavy atom. The summed E-state index contributed by atoms with van der Waals surface area (Å²) in [6.45, 7) is 2.50. The van der Waals surface area contributed by atoms with Crippen LogP contribution in [0, 0.1) is 23.7 Å². The fraction of sp³-hybridized carbons (Fsp3) is 0.382.